The normalized spacial score (nSPS) is 11.5. The highest BCUT2D eigenvalue weighted by Crippen LogP contribution is 2.18. The van der Waals surface area contributed by atoms with Crippen LogP contribution in [-0.2, 0) is 4.74 Å². The summed E-state index contributed by atoms with van der Waals surface area (Å²) in [5.41, 5.74) is 0.512. The van der Waals surface area contributed by atoms with Crippen LogP contribution in [-0.4, -0.2) is 36.3 Å². The molecule has 6 heteroatoms. The monoisotopic (exact) mass is 308 g/mol. The van der Waals surface area contributed by atoms with E-state index in [1.165, 1.54) is 0 Å². The second-order valence-electron chi connectivity index (χ2n) is 4.82. The number of nitrogens with zero attached hydrogens (tertiary/aromatic N) is 1. The van der Waals surface area contributed by atoms with Gasteiger partial charge in [-0.05, 0) is 39.3 Å². The number of ether oxygens (including phenoxy) is 2. The minimum absolute atomic E-state index is 0.149. The Kier molecular flexibility index (Phi) is 7.22. The van der Waals surface area contributed by atoms with Gasteiger partial charge in [0.1, 0.15) is 11.9 Å². The Balaban J connectivity index is 2.66. The molecule has 0 aromatic heterocycles. The van der Waals surface area contributed by atoms with Crippen molar-refractivity contribution >= 4 is 17.9 Å². The number of amides is 2. The van der Waals surface area contributed by atoms with Crippen LogP contribution in [0.15, 0.2) is 24.3 Å². The minimum Gasteiger partial charge on any atom is -0.446 e. The molecule has 0 aliphatic carbocycles. The molecule has 0 fully saturated rings. The lowest BCUT2D eigenvalue weighted by Gasteiger charge is -2.18. The summed E-state index contributed by atoms with van der Waals surface area (Å²) in [7, 11) is 0. The molecule has 0 aliphatic rings. The predicted molar refractivity (Wildman–Crippen MR) is 85.2 cm³/mol. The van der Waals surface area contributed by atoms with Gasteiger partial charge in [0.15, 0.2) is 0 Å². The largest absolute Gasteiger partial charge is 0.446 e. The van der Waals surface area contributed by atoms with E-state index in [1.807, 2.05) is 27.7 Å². The van der Waals surface area contributed by atoms with E-state index in [0.717, 1.165) is 6.42 Å². The zero-order valence-electron chi connectivity index (χ0n) is 13.6. The van der Waals surface area contributed by atoms with Crippen molar-refractivity contribution in [3.8, 4) is 5.75 Å². The molecule has 0 saturated heterocycles. The summed E-state index contributed by atoms with van der Waals surface area (Å²) in [6, 6.07) is 6.64. The lowest BCUT2D eigenvalue weighted by molar-refractivity contribution is 0.118. The van der Waals surface area contributed by atoms with Gasteiger partial charge in [0.05, 0.1) is 0 Å². The van der Waals surface area contributed by atoms with Crippen LogP contribution in [0.2, 0.25) is 0 Å². The highest BCUT2D eigenvalue weighted by Gasteiger charge is 2.13. The summed E-state index contributed by atoms with van der Waals surface area (Å²) in [6.07, 6.45) is -0.343. The second kappa shape index (κ2) is 8.92. The number of anilines is 1. The van der Waals surface area contributed by atoms with Gasteiger partial charge in [-0.1, -0.05) is 13.0 Å². The maximum atomic E-state index is 11.9. The van der Waals surface area contributed by atoms with Gasteiger partial charge in [0.25, 0.3) is 0 Å². The summed E-state index contributed by atoms with van der Waals surface area (Å²) < 4.78 is 10.4. The first kappa shape index (κ1) is 17.8. The predicted octanol–water partition coefficient (Wildman–Crippen LogP) is 3.87. The second-order valence-corrected chi connectivity index (χ2v) is 4.82. The Morgan fingerprint density at radius 2 is 1.91 bits per heavy atom. The molecule has 1 atom stereocenters. The maximum Gasteiger partial charge on any atom is 0.415 e. The molecule has 0 spiro atoms. The zero-order valence-corrected chi connectivity index (χ0v) is 13.6. The average molecular weight is 308 g/mol. The number of nitrogens with one attached hydrogen (secondary N) is 1. The van der Waals surface area contributed by atoms with Crippen LogP contribution < -0.4 is 10.1 Å². The van der Waals surface area contributed by atoms with Crippen LogP contribution in [0.3, 0.4) is 0 Å². The van der Waals surface area contributed by atoms with Crippen molar-refractivity contribution in [2.24, 2.45) is 0 Å². The van der Waals surface area contributed by atoms with Gasteiger partial charge in [-0.25, -0.2) is 9.59 Å². The third-order valence-electron chi connectivity index (χ3n) is 3.19. The first-order chi connectivity index (χ1) is 10.5. The lowest BCUT2D eigenvalue weighted by atomic mass is 10.3. The van der Waals surface area contributed by atoms with Crippen molar-refractivity contribution in [3.05, 3.63) is 24.3 Å². The van der Waals surface area contributed by atoms with Gasteiger partial charge in [-0.15, -0.1) is 0 Å². The van der Waals surface area contributed by atoms with Crippen molar-refractivity contribution in [1.29, 1.82) is 0 Å². The van der Waals surface area contributed by atoms with Crippen LogP contribution >= 0.6 is 0 Å². The molecule has 0 bridgehead atoms. The van der Waals surface area contributed by atoms with Crippen LogP contribution in [0.4, 0.5) is 15.3 Å². The number of benzene rings is 1. The molecular formula is C16H24N2O4. The van der Waals surface area contributed by atoms with Crippen LogP contribution in [0.5, 0.6) is 5.75 Å². The van der Waals surface area contributed by atoms with E-state index in [4.69, 9.17) is 9.47 Å². The molecule has 6 nitrogen and oxygen atoms in total. The van der Waals surface area contributed by atoms with Gasteiger partial charge in [0, 0.05) is 24.8 Å². The molecule has 1 aromatic carbocycles. The Labute approximate surface area is 131 Å². The Hall–Kier alpha value is -2.24. The first-order valence-corrected chi connectivity index (χ1v) is 7.54. The van der Waals surface area contributed by atoms with Gasteiger partial charge < -0.3 is 14.4 Å². The van der Waals surface area contributed by atoms with Gasteiger partial charge in [0.2, 0.25) is 0 Å². The Bertz CT molecular complexity index is 501. The molecule has 1 rings (SSSR count). The first-order valence-electron chi connectivity index (χ1n) is 7.54. The number of rotatable bonds is 6. The Morgan fingerprint density at radius 3 is 2.50 bits per heavy atom. The standard InChI is InChI=1S/C16H24N2O4/c1-5-12(4)21-15(19)17-13-9-8-10-14(11-13)22-16(20)18(6-2)7-3/h8-12H,5-7H2,1-4H3,(H,17,19). The van der Waals surface area contributed by atoms with Crippen LogP contribution in [0.1, 0.15) is 34.1 Å². The molecule has 0 aliphatic heterocycles. The molecule has 22 heavy (non-hydrogen) atoms. The van der Waals surface area contributed by atoms with E-state index in [-0.39, 0.29) is 6.10 Å². The molecular weight excluding hydrogens is 284 g/mol. The van der Waals surface area contributed by atoms with Crippen LogP contribution in [0.25, 0.3) is 0 Å². The lowest BCUT2D eigenvalue weighted by Crippen LogP contribution is -2.33. The van der Waals surface area contributed by atoms with Crippen LogP contribution in [0, 0.1) is 0 Å². The SMILES string of the molecule is CCC(C)OC(=O)Nc1cccc(OC(=O)N(CC)CC)c1. The van der Waals surface area contributed by atoms with Crippen molar-refractivity contribution in [1.82, 2.24) is 4.90 Å². The molecule has 0 heterocycles. The number of carbonyl (C=O) groups excluding carboxylic acids is 2. The minimum atomic E-state index is -0.526. The third-order valence-corrected chi connectivity index (χ3v) is 3.19. The highest BCUT2D eigenvalue weighted by molar-refractivity contribution is 5.85. The summed E-state index contributed by atoms with van der Waals surface area (Å²) in [5.74, 6) is 0.373. The van der Waals surface area contributed by atoms with E-state index in [9.17, 15) is 9.59 Å². The summed E-state index contributed by atoms with van der Waals surface area (Å²) in [4.78, 5) is 25.1. The molecule has 1 unspecified atom stereocenters. The van der Waals surface area contributed by atoms with Crippen molar-refractivity contribution in [2.75, 3.05) is 18.4 Å². The van der Waals surface area contributed by atoms with Gasteiger partial charge in [-0.2, -0.15) is 0 Å². The van der Waals surface area contributed by atoms with E-state index in [2.05, 4.69) is 5.32 Å². The quantitative estimate of drug-likeness (QED) is 0.866. The molecule has 1 aromatic rings. The Morgan fingerprint density at radius 1 is 1.23 bits per heavy atom. The summed E-state index contributed by atoms with van der Waals surface area (Å²) >= 11 is 0. The fourth-order valence-electron chi connectivity index (χ4n) is 1.70. The smallest absolute Gasteiger partial charge is 0.415 e. The molecule has 2 amide bonds. The summed E-state index contributed by atoms with van der Waals surface area (Å²) in [6.45, 7) is 8.68. The molecule has 0 radical (unpaired) electrons. The zero-order chi connectivity index (χ0) is 16.5. The topological polar surface area (TPSA) is 67.9 Å². The molecule has 1 N–H and O–H groups in total. The van der Waals surface area contributed by atoms with E-state index >= 15 is 0 Å². The van der Waals surface area contributed by atoms with Gasteiger partial charge in [-0.3, -0.25) is 5.32 Å². The van der Waals surface area contributed by atoms with Gasteiger partial charge >= 0.3 is 12.2 Å². The van der Waals surface area contributed by atoms with Crippen molar-refractivity contribution < 1.29 is 19.1 Å². The number of hydrogen-bond donors (Lipinski definition) is 1. The molecule has 122 valence electrons. The fraction of sp³-hybridized carbons (Fsp3) is 0.500. The number of hydrogen-bond acceptors (Lipinski definition) is 4. The van der Waals surface area contributed by atoms with E-state index in [0.29, 0.717) is 24.5 Å². The fourth-order valence-corrected chi connectivity index (χ4v) is 1.70. The third kappa shape index (κ3) is 5.63. The molecule has 0 saturated carbocycles. The summed E-state index contributed by atoms with van der Waals surface area (Å²) in [5, 5.41) is 2.61. The van der Waals surface area contributed by atoms with Crippen molar-refractivity contribution in [3.63, 3.8) is 0 Å². The average Bonchev–Trinajstić information content (AvgIpc) is 2.48. The van der Waals surface area contributed by atoms with E-state index in [1.54, 1.807) is 29.2 Å². The highest BCUT2D eigenvalue weighted by atomic mass is 16.6. The van der Waals surface area contributed by atoms with E-state index < -0.39 is 12.2 Å². The van der Waals surface area contributed by atoms with Crippen molar-refractivity contribution in [2.45, 2.75) is 40.2 Å². The number of carbonyl (C=O) groups is 2. The maximum absolute atomic E-state index is 11.9.